The second-order valence-corrected chi connectivity index (χ2v) is 6.91. The first-order chi connectivity index (χ1) is 13.0. The van der Waals surface area contributed by atoms with Gasteiger partial charge in [0.15, 0.2) is 0 Å². The van der Waals surface area contributed by atoms with Gasteiger partial charge >= 0.3 is 0 Å². The normalized spacial score (nSPS) is 11.1. The molecule has 0 saturated heterocycles. The summed E-state index contributed by atoms with van der Waals surface area (Å²) < 4.78 is 5.83. The fraction of sp³-hybridized carbons (Fsp3) is 0.125. The minimum atomic E-state index is 0.460. The molecule has 0 atom stereocenters. The number of hydrogen-bond acceptors (Lipinski definition) is 2. The summed E-state index contributed by atoms with van der Waals surface area (Å²) in [5.41, 5.74) is 5.81. The van der Waals surface area contributed by atoms with Crippen molar-refractivity contribution in [1.82, 2.24) is 0 Å². The third kappa shape index (κ3) is 5.00. The molecule has 3 aromatic rings. The zero-order valence-electron chi connectivity index (χ0n) is 15.4. The van der Waals surface area contributed by atoms with Crippen molar-refractivity contribution in [3.05, 3.63) is 99.6 Å². The van der Waals surface area contributed by atoms with Gasteiger partial charge in [-0.3, -0.25) is 0 Å². The van der Waals surface area contributed by atoms with Crippen LogP contribution in [0.2, 0.25) is 5.02 Å². The molecule has 0 bridgehead atoms. The first kappa shape index (κ1) is 18.8. The lowest BCUT2D eigenvalue weighted by Crippen LogP contribution is -1.96. The molecule has 0 spiro atoms. The molecule has 134 valence electrons. The summed E-state index contributed by atoms with van der Waals surface area (Å²) in [6, 6.07) is 23.9. The molecule has 0 aliphatic carbocycles. The highest BCUT2D eigenvalue weighted by atomic mass is 35.5. The van der Waals surface area contributed by atoms with Gasteiger partial charge in [-0.2, -0.15) is 5.26 Å². The topological polar surface area (TPSA) is 33.0 Å². The van der Waals surface area contributed by atoms with E-state index in [0.717, 1.165) is 22.3 Å². The average molecular weight is 374 g/mol. The number of nitrogens with zero attached hydrogens (tertiary/aromatic N) is 1. The highest BCUT2D eigenvalue weighted by Gasteiger charge is 2.05. The standard InChI is InChI=1S/C24H20ClNO/c1-17-3-7-19(8-4-17)16-27-24-12-9-20(14-23(24)25)13-22(15-26)21-10-5-18(2)6-11-21/h3-14H,16H2,1-2H3/b22-13+. The molecule has 0 N–H and O–H groups in total. The van der Waals surface area contributed by atoms with Crippen LogP contribution in [-0.2, 0) is 6.61 Å². The molecular weight excluding hydrogens is 354 g/mol. The smallest absolute Gasteiger partial charge is 0.138 e. The molecule has 0 saturated carbocycles. The van der Waals surface area contributed by atoms with Gasteiger partial charge in [0.1, 0.15) is 12.4 Å². The lowest BCUT2D eigenvalue weighted by molar-refractivity contribution is 0.306. The van der Waals surface area contributed by atoms with Gasteiger partial charge in [0.2, 0.25) is 0 Å². The van der Waals surface area contributed by atoms with E-state index in [2.05, 4.69) is 25.1 Å². The van der Waals surface area contributed by atoms with Crippen molar-refractivity contribution >= 4 is 23.3 Å². The number of benzene rings is 3. The van der Waals surface area contributed by atoms with Gasteiger partial charge < -0.3 is 4.74 Å². The molecule has 0 fully saturated rings. The highest BCUT2D eigenvalue weighted by Crippen LogP contribution is 2.28. The van der Waals surface area contributed by atoms with E-state index in [0.29, 0.717) is 23.0 Å². The van der Waals surface area contributed by atoms with Crippen molar-refractivity contribution in [2.24, 2.45) is 0 Å². The van der Waals surface area contributed by atoms with E-state index in [1.165, 1.54) is 5.56 Å². The third-order valence-corrected chi connectivity index (χ3v) is 4.56. The Kier molecular flexibility index (Phi) is 5.96. The molecule has 0 radical (unpaired) electrons. The van der Waals surface area contributed by atoms with Crippen molar-refractivity contribution < 1.29 is 4.74 Å². The van der Waals surface area contributed by atoms with E-state index in [-0.39, 0.29) is 0 Å². The van der Waals surface area contributed by atoms with Crippen LogP contribution in [0.3, 0.4) is 0 Å². The number of nitriles is 1. The molecule has 3 rings (SSSR count). The highest BCUT2D eigenvalue weighted by molar-refractivity contribution is 6.32. The van der Waals surface area contributed by atoms with Crippen LogP contribution in [0.5, 0.6) is 5.75 Å². The monoisotopic (exact) mass is 373 g/mol. The zero-order valence-corrected chi connectivity index (χ0v) is 16.1. The van der Waals surface area contributed by atoms with Crippen LogP contribution in [0.1, 0.15) is 27.8 Å². The van der Waals surface area contributed by atoms with Gasteiger partial charge in [0.25, 0.3) is 0 Å². The quantitative estimate of drug-likeness (QED) is 0.373. The molecule has 0 heterocycles. The van der Waals surface area contributed by atoms with Crippen LogP contribution >= 0.6 is 11.6 Å². The summed E-state index contributed by atoms with van der Waals surface area (Å²) in [6.45, 7) is 4.54. The summed E-state index contributed by atoms with van der Waals surface area (Å²) in [4.78, 5) is 0. The minimum Gasteiger partial charge on any atom is -0.487 e. The van der Waals surface area contributed by atoms with Crippen LogP contribution in [0, 0.1) is 25.2 Å². The maximum atomic E-state index is 9.49. The van der Waals surface area contributed by atoms with Crippen molar-refractivity contribution in [2.45, 2.75) is 20.5 Å². The van der Waals surface area contributed by atoms with Crippen molar-refractivity contribution in [2.75, 3.05) is 0 Å². The van der Waals surface area contributed by atoms with E-state index >= 15 is 0 Å². The fourth-order valence-corrected chi connectivity index (χ4v) is 2.89. The molecule has 3 heteroatoms. The molecule has 0 amide bonds. The summed E-state index contributed by atoms with van der Waals surface area (Å²) >= 11 is 6.38. The first-order valence-corrected chi connectivity index (χ1v) is 9.10. The van der Waals surface area contributed by atoms with Crippen molar-refractivity contribution in [3.63, 3.8) is 0 Å². The molecule has 3 aromatic carbocycles. The van der Waals surface area contributed by atoms with E-state index in [4.69, 9.17) is 16.3 Å². The predicted molar refractivity (Wildman–Crippen MR) is 112 cm³/mol. The second-order valence-electron chi connectivity index (χ2n) is 6.50. The van der Waals surface area contributed by atoms with E-state index in [1.807, 2.05) is 67.6 Å². The van der Waals surface area contributed by atoms with Crippen LogP contribution < -0.4 is 4.74 Å². The number of allylic oxidation sites excluding steroid dienone is 1. The van der Waals surface area contributed by atoms with E-state index in [9.17, 15) is 5.26 Å². The maximum Gasteiger partial charge on any atom is 0.138 e. The van der Waals surface area contributed by atoms with Crippen LogP contribution in [-0.4, -0.2) is 0 Å². The summed E-state index contributed by atoms with van der Waals surface area (Å²) in [6.07, 6.45) is 1.83. The minimum absolute atomic E-state index is 0.460. The first-order valence-electron chi connectivity index (χ1n) is 8.72. The van der Waals surface area contributed by atoms with Crippen molar-refractivity contribution in [3.8, 4) is 11.8 Å². The summed E-state index contributed by atoms with van der Waals surface area (Å²) in [5, 5.41) is 10.0. The van der Waals surface area contributed by atoms with Gasteiger partial charge in [-0.15, -0.1) is 0 Å². The Bertz CT molecular complexity index is 996. The van der Waals surface area contributed by atoms with Gasteiger partial charge in [-0.05, 0) is 48.7 Å². The van der Waals surface area contributed by atoms with Crippen LogP contribution in [0.4, 0.5) is 0 Å². The van der Waals surface area contributed by atoms with E-state index < -0.39 is 0 Å². The van der Waals surface area contributed by atoms with Gasteiger partial charge in [-0.1, -0.05) is 77.3 Å². The largest absolute Gasteiger partial charge is 0.487 e. The lowest BCUT2D eigenvalue weighted by atomic mass is 10.0. The molecule has 27 heavy (non-hydrogen) atoms. The number of aryl methyl sites for hydroxylation is 2. The summed E-state index contributed by atoms with van der Waals surface area (Å²) in [5.74, 6) is 0.628. The molecule has 0 aromatic heterocycles. The molecular formula is C24H20ClNO. The van der Waals surface area contributed by atoms with Crippen LogP contribution in [0.25, 0.3) is 11.6 Å². The Hall–Kier alpha value is -3.02. The van der Waals surface area contributed by atoms with Gasteiger partial charge in [-0.25, -0.2) is 0 Å². The molecule has 0 aliphatic rings. The van der Waals surface area contributed by atoms with Crippen molar-refractivity contribution in [1.29, 1.82) is 5.26 Å². The Morgan fingerprint density at radius 3 is 2.19 bits per heavy atom. The van der Waals surface area contributed by atoms with E-state index in [1.54, 1.807) is 0 Å². The van der Waals surface area contributed by atoms with Gasteiger partial charge in [0, 0.05) is 0 Å². The number of hydrogen-bond donors (Lipinski definition) is 0. The summed E-state index contributed by atoms with van der Waals surface area (Å²) in [7, 11) is 0. The van der Waals surface area contributed by atoms with Gasteiger partial charge in [0.05, 0.1) is 16.7 Å². The SMILES string of the molecule is Cc1ccc(COc2ccc(/C=C(\C#N)c3ccc(C)cc3)cc2Cl)cc1. The number of halogens is 1. The Morgan fingerprint density at radius 2 is 1.59 bits per heavy atom. The molecule has 2 nitrogen and oxygen atoms in total. The maximum absolute atomic E-state index is 9.49. The zero-order chi connectivity index (χ0) is 19.2. The molecule has 0 unspecified atom stereocenters. The Morgan fingerprint density at radius 1 is 0.963 bits per heavy atom. The second kappa shape index (κ2) is 8.58. The number of rotatable bonds is 5. The number of ether oxygens (including phenoxy) is 1. The Labute approximate surface area is 165 Å². The molecule has 0 aliphatic heterocycles. The van der Waals surface area contributed by atoms with Crippen LogP contribution in [0.15, 0.2) is 66.7 Å². The average Bonchev–Trinajstić information content (AvgIpc) is 2.67. The third-order valence-electron chi connectivity index (χ3n) is 4.26. The Balaban J connectivity index is 1.76. The predicted octanol–water partition coefficient (Wildman–Crippen LogP) is 6.60. The lowest BCUT2D eigenvalue weighted by Gasteiger charge is -2.09. The fourth-order valence-electron chi connectivity index (χ4n) is 2.65.